The van der Waals surface area contributed by atoms with Gasteiger partial charge in [-0.3, -0.25) is 0 Å². The van der Waals surface area contributed by atoms with Gasteiger partial charge in [-0.2, -0.15) is 4.39 Å². The SMILES string of the molecule is Cc1ccc2cc(F)c(F)c(OB(F)F)c2n1. The summed E-state index contributed by atoms with van der Waals surface area (Å²) in [5.41, 5.74) is 0.367. The van der Waals surface area contributed by atoms with Crippen LogP contribution in [0.4, 0.5) is 17.4 Å². The Morgan fingerprint density at radius 3 is 2.59 bits per heavy atom. The monoisotopic (exact) mass is 243 g/mol. The van der Waals surface area contributed by atoms with E-state index in [0.29, 0.717) is 5.69 Å². The predicted molar refractivity (Wildman–Crippen MR) is 55.0 cm³/mol. The Hall–Kier alpha value is -1.79. The first-order chi connectivity index (χ1) is 7.99. The first kappa shape index (κ1) is 11.7. The lowest BCUT2D eigenvalue weighted by Crippen LogP contribution is -2.11. The molecule has 1 heterocycles. The van der Waals surface area contributed by atoms with E-state index in [-0.39, 0.29) is 10.9 Å². The van der Waals surface area contributed by atoms with E-state index in [1.165, 1.54) is 6.07 Å². The Balaban J connectivity index is 2.75. The molecule has 88 valence electrons. The number of pyridine rings is 1. The molecule has 0 aliphatic carbocycles. The molecule has 1 aromatic heterocycles. The van der Waals surface area contributed by atoms with Gasteiger partial charge in [0.15, 0.2) is 11.6 Å². The molecule has 0 aliphatic rings. The second-order valence-electron chi connectivity index (χ2n) is 3.40. The van der Waals surface area contributed by atoms with E-state index < -0.39 is 24.9 Å². The van der Waals surface area contributed by atoms with Crippen LogP contribution in [0.15, 0.2) is 18.2 Å². The molecule has 17 heavy (non-hydrogen) atoms. The van der Waals surface area contributed by atoms with Crippen LogP contribution in [0.3, 0.4) is 0 Å². The molecular weight excluding hydrogens is 237 g/mol. The molecule has 0 atom stereocenters. The molecule has 0 bridgehead atoms. The first-order valence-corrected chi connectivity index (χ1v) is 4.69. The van der Waals surface area contributed by atoms with Crippen LogP contribution < -0.4 is 4.65 Å². The van der Waals surface area contributed by atoms with Gasteiger partial charge in [0.25, 0.3) is 0 Å². The van der Waals surface area contributed by atoms with Crippen molar-refractivity contribution in [1.82, 2.24) is 4.98 Å². The van der Waals surface area contributed by atoms with Crippen LogP contribution >= 0.6 is 0 Å². The van der Waals surface area contributed by atoms with Crippen molar-refractivity contribution in [3.63, 3.8) is 0 Å². The fourth-order valence-corrected chi connectivity index (χ4v) is 1.47. The Kier molecular flexibility index (Phi) is 2.91. The number of aryl methyl sites for hydroxylation is 1. The summed E-state index contributed by atoms with van der Waals surface area (Å²) >= 11 is 0. The van der Waals surface area contributed by atoms with Crippen molar-refractivity contribution < 1.29 is 22.1 Å². The van der Waals surface area contributed by atoms with Crippen LogP contribution in [0.5, 0.6) is 5.75 Å². The molecule has 0 saturated heterocycles. The maximum absolute atomic E-state index is 13.4. The van der Waals surface area contributed by atoms with Gasteiger partial charge in [0.2, 0.25) is 5.82 Å². The summed E-state index contributed by atoms with van der Waals surface area (Å²) in [6.07, 6.45) is 0. The Bertz CT molecular complexity index is 576. The molecule has 2 aromatic rings. The molecule has 0 N–H and O–H groups in total. The third-order valence-electron chi connectivity index (χ3n) is 2.18. The van der Waals surface area contributed by atoms with Crippen LogP contribution in [0.2, 0.25) is 0 Å². The number of hydrogen-bond donors (Lipinski definition) is 0. The van der Waals surface area contributed by atoms with Gasteiger partial charge < -0.3 is 4.65 Å². The number of aromatic nitrogens is 1. The first-order valence-electron chi connectivity index (χ1n) is 4.69. The van der Waals surface area contributed by atoms with E-state index in [0.717, 1.165) is 6.07 Å². The minimum absolute atomic E-state index is 0.121. The molecule has 7 heteroatoms. The summed E-state index contributed by atoms with van der Waals surface area (Å²) in [5.74, 6) is -3.58. The van der Waals surface area contributed by atoms with E-state index in [1.807, 2.05) is 0 Å². The lowest BCUT2D eigenvalue weighted by atomic mass is 10.1. The van der Waals surface area contributed by atoms with Gasteiger partial charge in [-0.15, -0.1) is 0 Å². The molecule has 0 radical (unpaired) electrons. The Morgan fingerprint density at radius 1 is 1.24 bits per heavy atom. The minimum atomic E-state index is -3.24. The zero-order valence-electron chi connectivity index (χ0n) is 8.68. The lowest BCUT2D eigenvalue weighted by Gasteiger charge is -2.09. The van der Waals surface area contributed by atoms with E-state index in [1.54, 1.807) is 13.0 Å². The molecule has 1 aromatic carbocycles. The fourth-order valence-electron chi connectivity index (χ4n) is 1.47. The standard InChI is InChI=1S/C10H6BF4NO/c1-5-2-3-6-4-7(12)8(13)10(9(6)16-5)17-11(14)15/h2-4H,1H3. The largest absolute Gasteiger partial charge is 0.796 e. The average Bonchev–Trinajstić information content (AvgIpc) is 2.25. The highest BCUT2D eigenvalue weighted by atomic mass is 19.2. The average molecular weight is 243 g/mol. The highest BCUT2D eigenvalue weighted by Crippen LogP contribution is 2.30. The number of nitrogens with zero attached hydrogens (tertiary/aromatic N) is 1. The second-order valence-corrected chi connectivity index (χ2v) is 3.40. The summed E-state index contributed by atoms with van der Waals surface area (Å²) in [4.78, 5) is 3.87. The molecule has 0 aliphatic heterocycles. The van der Waals surface area contributed by atoms with E-state index in [4.69, 9.17) is 0 Å². The summed E-state index contributed by atoms with van der Waals surface area (Å²) in [6, 6.07) is 3.90. The molecule has 0 spiro atoms. The summed E-state index contributed by atoms with van der Waals surface area (Å²) in [6.45, 7) is 1.60. The number of halogens is 4. The van der Waals surface area contributed by atoms with Crippen LogP contribution in [-0.2, 0) is 0 Å². The lowest BCUT2D eigenvalue weighted by molar-refractivity contribution is 0.395. The maximum Gasteiger partial charge on any atom is 0.796 e. The predicted octanol–water partition coefficient (Wildman–Crippen LogP) is 3.12. The van der Waals surface area contributed by atoms with E-state index >= 15 is 0 Å². The van der Waals surface area contributed by atoms with Crippen molar-refractivity contribution in [3.8, 4) is 5.75 Å². The van der Waals surface area contributed by atoms with Crippen LogP contribution in [0.1, 0.15) is 5.69 Å². The van der Waals surface area contributed by atoms with Gasteiger partial charge in [0, 0.05) is 11.1 Å². The molecule has 0 amide bonds. The number of hydrogen-bond acceptors (Lipinski definition) is 2. The van der Waals surface area contributed by atoms with Crippen molar-refractivity contribution in [2.24, 2.45) is 0 Å². The summed E-state index contributed by atoms with van der Waals surface area (Å²) < 4.78 is 54.7. The Morgan fingerprint density at radius 2 is 1.94 bits per heavy atom. The van der Waals surface area contributed by atoms with Gasteiger partial charge in [-0.1, -0.05) is 6.07 Å². The van der Waals surface area contributed by atoms with Crippen LogP contribution in [0, 0.1) is 18.6 Å². The third kappa shape index (κ3) is 2.18. The number of rotatable bonds is 2. The molecule has 0 saturated carbocycles. The molecule has 0 fully saturated rings. The maximum atomic E-state index is 13.4. The van der Waals surface area contributed by atoms with Crippen molar-refractivity contribution >= 4 is 18.4 Å². The molecule has 0 unspecified atom stereocenters. The van der Waals surface area contributed by atoms with E-state index in [9.17, 15) is 17.4 Å². The van der Waals surface area contributed by atoms with Crippen molar-refractivity contribution in [3.05, 3.63) is 35.5 Å². The zero-order chi connectivity index (χ0) is 12.6. The van der Waals surface area contributed by atoms with Gasteiger partial charge >= 0.3 is 7.47 Å². The fraction of sp³-hybridized carbons (Fsp3) is 0.100. The smallest absolute Gasteiger partial charge is 0.501 e. The van der Waals surface area contributed by atoms with Crippen molar-refractivity contribution in [1.29, 1.82) is 0 Å². The second kappa shape index (κ2) is 4.23. The number of fused-ring (bicyclic) bond motifs is 1. The quantitative estimate of drug-likeness (QED) is 0.597. The molecule has 2 nitrogen and oxygen atoms in total. The van der Waals surface area contributed by atoms with Crippen LogP contribution in [-0.4, -0.2) is 12.5 Å². The summed E-state index contributed by atoms with van der Waals surface area (Å²) in [7, 11) is -3.24. The minimum Gasteiger partial charge on any atom is -0.501 e. The Labute approximate surface area is 94.4 Å². The van der Waals surface area contributed by atoms with Crippen LogP contribution in [0.25, 0.3) is 10.9 Å². The van der Waals surface area contributed by atoms with Crippen molar-refractivity contribution in [2.45, 2.75) is 6.92 Å². The van der Waals surface area contributed by atoms with Gasteiger partial charge in [-0.25, -0.2) is 18.0 Å². The van der Waals surface area contributed by atoms with Crippen molar-refractivity contribution in [2.75, 3.05) is 0 Å². The zero-order valence-corrected chi connectivity index (χ0v) is 8.68. The summed E-state index contributed by atoms with van der Waals surface area (Å²) in [5, 5.41) is 0.199. The normalized spacial score (nSPS) is 10.6. The molecule has 2 rings (SSSR count). The number of benzene rings is 1. The van der Waals surface area contributed by atoms with Gasteiger partial charge in [0.1, 0.15) is 5.52 Å². The third-order valence-corrected chi connectivity index (χ3v) is 2.18. The molecular formula is C10H6BF4NO. The highest BCUT2D eigenvalue weighted by Gasteiger charge is 2.24. The van der Waals surface area contributed by atoms with Gasteiger partial charge in [-0.05, 0) is 19.1 Å². The highest BCUT2D eigenvalue weighted by molar-refractivity contribution is 6.35. The topological polar surface area (TPSA) is 22.1 Å². The van der Waals surface area contributed by atoms with E-state index in [2.05, 4.69) is 9.64 Å². The van der Waals surface area contributed by atoms with Gasteiger partial charge in [0.05, 0.1) is 0 Å².